The van der Waals surface area contributed by atoms with Gasteiger partial charge in [0.15, 0.2) is 0 Å². The summed E-state index contributed by atoms with van der Waals surface area (Å²) in [6, 6.07) is -0.508. The van der Waals surface area contributed by atoms with Gasteiger partial charge in [-0.3, -0.25) is 4.79 Å². The molecule has 10 heteroatoms. The summed E-state index contributed by atoms with van der Waals surface area (Å²) < 4.78 is 4.99. The Bertz CT molecular complexity index is 627. The minimum absolute atomic E-state index is 0.300. The second kappa shape index (κ2) is 16.4. The normalized spacial score (nSPS) is 10.0. The SMILES string of the molecule is CC.CC(C)c1nc(CNC(=O)NCC(=O)O)cs1.CCCNC(=O)OC(C)(C)C. The topological polar surface area (TPSA) is 130 Å². The first kappa shape index (κ1) is 29.8. The van der Waals surface area contributed by atoms with E-state index in [1.807, 2.05) is 46.9 Å². The molecule has 0 atom stereocenters. The lowest BCUT2D eigenvalue weighted by molar-refractivity contribution is -0.135. The fourth-order valence-corrected chi connectivity index (χ4v) is 2.43. The van der Waals surface area contributed by atoms with Crippen LogP contribution in [0.15, 0.2) is 5.38 Å². The van der Waals surface area contributed by atoms with Crippen molar-refractivity contribution in [2.75, 3.05) is 13.1 Å². The van der Waals surface area contributed by atoms with Gasteiger partial charge in [0.25, 0.3) is 0 Å². The highest BCUT2D eigenvalue weighted by Gasteiger charge is 2.14. The maximum atomic E-state index is 11.2. The van der Waals surface area contributed by atoms with Crippen LogP contribution in [0.5, 0.6) is 0 Å². The number of thiazole rings is 1. The number of nitrogens with one attached hydrogen (secondary N) is 3. The van der Waals surface area contributed by atoms with Gasteiger partial charge >= 0.3 is 18.1 Å². The van der Waals surface area contributed by atoms with E-state index in [0.717, 1.165) is 17.1 Å². The number of ether oxygens (including phenoxy) is 1. The molecule has 0 aromatic carbocycles. The van der Waals surface area contributed by atoms with E-state index < -0.39 is 17.6 Å². The molecule has 0 spiro atoms. The van der Waals surface area contributed by atoms with Gasteiger partial charge in [-0.25, -0.2) is 14.6 Å². The third-order valence-electron chi connectivity index (χ3n) is 2.81. The van der Waals surface area contributed by atoms with Crippen molar-refractivity contribution in [1.82, 2.24) is 20.9 Å². The van der Waals surface area contributed by atoms with Gasteiger partial charge in [-0.15, -0.1) is 11.3 Å². The van der Waals surface area contributed by atoms with Crippen molar-refractivity contribution in [2.45, 2.75) is 79.9 Å². The molecule has 0 bridgehead atoms. The number of aliphatic carboxylic acids is 1. The zero-order chi connectivity index (χ0) is 23.7. The van der Waals surface area contributed by atoms with Crippen molar-refractivity contribution in [3.63, 3.8) is 0 Å². The van der Waals surface area contributed by atoms with Crippen molar-refractivity contribution in [3.05, 3.63) is 16.1 Å². The summed E-state index contributed by atoms with van der Waals surface area (Å²) in [5.74, 6) is -0.703. The van der Waals surface area contributed by atoms with E-state index in [4.69, 9.17) is 9.84 Å². The van der Waals surface area contributed by atoms with Crippen LogP contribution in [0.1, 0.15) is 78.4 Å². The van der Waals surface area contributed by atoms with Crippen LogP contribution in [0.3, 0.4) is 0 Å². The van der Waals surface area contributed by atoms with Gasteiger partial charge in [-0.2, -0.15) is 0 Å². The predicted octanol–water partition coefficient (Wildman–Crippen LogP) is 4.10. The first-order valence-electron chi connectivity index (χ1n) is 10.1. The molecule has 0 aliphatic heterocycles. The van der Waals surface area contributed by atoms with Crippen LogP contribution in [0, 0.1) is 0 Å². The van der Waals surface area contributed by atoms with Gasteiger partial charge in [0, 0.05) is 17.8 Å². The number of hydrogen-bond acceptors (Lipinski definition) is 6. The molecule has 1 aromatic heterocycles. The van der Waals surface area contributed by atoms with Gasteiger partial charge in [0.2, 0.25) is 0 Å². The highest BCUT2D eigenvalue weighted by atomic mass is 32.1. The molecule has 0 saturated heterocycles. The quantitative estimate of drug-likeness (QED) is 0.499. The van der Waals surface area contributed by atoms with Crippen molar-refractivity contribution in [3.8, 4) is 0 Å². The molecule has 0 aliphatic rings. The second-order valence-corrected chi connectivity index (χ2v) is 8.08. The van der Waals surface area contributed by atoms with Gasteiger partial charge in [0.05, 0.1) is 17.2 Å². The number of nitrogens with zero attached hydrogens (tertiary/aromatic N) is 1. The molecule has 0 saturated carbocycles. The molecule has 1 heterocycles. The lowest BCUT2D eigenvalue weighted by Gasteiger charge is -2.19. The van der Waals surface area contributed by atoms with Gasteiger partial charge in [-0.1, -0.05) is 34.6 Å². The van der Waals surface area contributed by atoms with Crippen LogP contribution in [0.2, 0.25) is 0 Å². The van der Waals surface area contributed by atoms with E-state index in [-0.39, 0.29) is 12.6 Å². The zero-order valence-electron chi connectivity index (χ0n) is 19.4. The Balaban J connectivity index is 0. The summed E-state index contributed by atoms with van der Waals surface area (Å²) in [7, 11) is 0. The molecule has 174 valence electrons. The van der Waals surface area contributed by atoms with E-state index in [2.05, 4.69) is 34.8 Å². The zero-order valence-corrected chi connectivity index (χ0v) is 20.2. The number of rotatable bonds is 7. The van der Waals surface area contributed by atoms with E-state index in [1.54, 1.807) is 11.3 Å². The third kappa shape index (κ3) is 17.7. The number of aromatic nitrogens is 1. The van der Waals surface area contributed by atoms with Crippen LogP contribution in [0.25, 0.3) is 0 Å². The monoisotopic (exact) mass is 446 g/mol. The Hall–Kier alpha value is -2.36. The number of alkyl carbamates (subject to hydrolysis) is 1. The number of amides is 3. The highest BCUT2D eigenvalue weighted by Crippen LogP contribution is 2.18. The predicted molar refractivity (Wildman–Crippen MR) is 120 cm³/mol. The highest BCUT2D eigenvalue weighted by molar-refractivity contribution is 7.09. The molecular weight excluding hydrogens is 408 g/mol. The molecule has 30 heavy (non-hydrogen) atoms. The van der Waals surface area contributed by atoms with Crippen molar-refractivity contribution in [1.29, 1.82) is 0 Å². The van der Waals surface area contributed by atoms with E-state index in [9.17, 15) is 14.4 Å². The van der Waals surface area contributed by atoms with Crippen LogP contribution in [-0.4, -0.2) is 46.9 Å². The van der Waals surface area contributed by atoms with Crippen LogP contribution in [-0.2, 0) is 16.1 Å². The smallest absolute Gasteiger partial charge is 0.407 e. The van der Waals surface area contributed by atoms with Gasteiger partial charge in [0.1, 0.15) is 12.1 Å². The number of carboxylic acid groups (broad SMARTS) is 1. The van der Waals surface area contributed by atoms with Crippen LogP contribution in [0.4, 0.5) is 9.59 Å². The lowest BCUT2D eigenvalue weighted by atomic mass is 10.2. The molecule has 1 rings (SSSR count). The number of carboxylic acids is 1. The Labute approximate surface area is 184 Å². The largest absolute Gasteiger partial charge is 0.480 e. The first-order valence-corrected chi connectivity index (χ1v) is 11.0. The summed E-state index contributed by atoms with van der Waals surface area (Å²) >= 11 is 1.55. The Morgan fingerprint density at radius 2 is 1.77 bits per heavy atom. The number of hydrogen-bond donors (Lipinski definition) is 4. The molecular formula is C20H38N4O5S. The molecule has 3 amide bonds. The molecule has 1 aromatic rings. The molecule has 4 N–H and O–H groups in total. The summed E-state index contributed by atoms with van der Waals surface area (Å²) in [5, 5.41) is 18.6. The number of urea groups is 1. The molecule has 0 aliphatic carbocycles. The second-order valence-electron chi connectivity index (χ2n) is 7.19. The first-order chi connectivity index (χ1) is 13.9. The minimum atomic E-state index is -1.07. The van der Waals surface area contributed by atoms with Crippen molar-refractivity contribution in [2.24, 2.45) is 0 Å². The molecule has 0 fully saturated rings. The Morgan fingerprint density at radius 1 is 1.17 bits per heavy atom. The van der Waals surface area contributed by atoms with Crippen molar-refractivity contribution >= 4 is 29.4 Å². The summed E-state index contributed by atoms with van der Waals surface area (Å²) in [6.45, 7) is 16.2. The maximum absolute atomic E-state index is 11.2. The summed E-state index contributed by atoms with van der Waals surface area (Å²) in [5.41, 5.74) is 0.391. The Kier molecular flexibility index (Phi) is 16.4. The maximum Gasteiger partial charge on any atom is 0.407 e. The van der Waals surface area contributed by atoms with Gasteiger partial charge in [-0.05, 0) is 27.2 Å². The third-order valence-corrected chi connectivity index (χ3v) is 4.01. The standard InChI is InChI=1S/C10H15N3O3S.C8H17NO2.C2H6/c1-6(2)9-13-7(5-17-9)3-11-10(16)12-4-8(14)15;1-5-6-9-7(10)11-8(2,3)4;1-2/h5-6H,3-4H2,1-2H3,(H,14,15)(H2,11,12,16);5-6H2,1-4H3,(H,9,10);1-2H3. The summed E-state index contributed by atoms with van der Waals surface area (Å²) in [6.07, 6.45) is 0.596. The minimum Gasteiger partial charge on any atom is -0.480 e. The molecule has 0 radical (unpaired) electrons. The molecule has 0 unspecified atom stereocenters. The fraction of sp³-hybridized carbons (Fsp3) is 0.700. The fourth-order valence-electron chi connectivity index (χ4n) is 1.60. The van der Waals surface area contributed by atoms with Crippen LogP contribution < -0.4 is 16.0 Å². The van der Waals surface area contributed by atoms with E-state index in [1.165, 1.54) is 0 Å². The van der Waals surface area contributed by atoms with Crippen molar-refractivity contribution < 1.29 is 24.2 Å². The average molecular weight is 447 g/mol. The lowest BCUT2D eigenvalue weighted by Crippen LogP contribution is -2.38. The van der Waals surface area contributed by atoms with Gasteiger partial charge < -0.3 is 25.8 Å². The average Bonchev–Trinajstić information content (AvgIpc) is 3.13. The van der Waals surface area contributed by atoms with Crippen LogP contribution >= 0.6 is 11.3 Å². The van der Waals surface area contributed by atoms with E-state index >= 15 is 0 Å². The molecule has 9 nitrogen and oxygen atoms in total. The number of carbonyl (C=O) groups is 3. The summed E-state index contributed by atoms with van der Waals surface area (Å²) in [4.78, 5) is 36.6. The Morgan fingerprint density at radius 3 is 2.20 bits per heavy atom. The number of carbonyl (C=O) groups excluding carboxylic acids is 2. The van der Waals surface area contributed by atoms with E-state index in [0.29, 0.717) is 19.0 Å².